The van der Waals surface area contributed by atoms with E-state index >= 15 is 0 Å². The van der Waals surface area contributed by atoms with Crippen molar-refractivity contribution in [2.45, 2.75) is 32.4 Å². The highest BCUT2D eigenvalue weighted by molar-refractivity contribution is 9.10. The van der Waals surface area contributed by atoms with Gasteiger partial charge in [0.1, 0.15) is 11.9 Å². The normalized spacial score (nSPS) is 16.5. The van der Waals surface area contributed by atoms with Gasteiger partial charge in [-0.2, -0.15) is 0 Å². The molecule has 1 aromatic carbocycles. The molecular formula is C18H19BrN4O3. The molecule has 1 atom stereocenters. The van der Waals surface area contributed by atoms with E-state index in [0.717, 1.165) is 4.47 Å². The largest absolute Gasteiger partial charge is 0.474 e. The first-order chi connectivity index (χ1) is 12.2. The Labute approximate surface area is 159 Å². The number of hydrogen-bond donors (Lipinski definition) is 2. The van der Waals surface area contributed by atoms with Gasteiger partial charge in [0.2, 0.25) is 5.91 Å². The summed E-state index contributed by atoms with van der Waals surface area (Å²) >= 11 is 3.35. The first-order valence-electron chi connectivity index (χ1n) is 8.04. The molecule has 0 bridgehead atoms. The van der Waals surface area contributed by atoms with Crippen molar-refractivity contribution < 1.29 is 14.3 Å². The van der Waals surface area contributed by atoms with E-state index in [2.05, 4.69) is 26.2 Å². The summed E-state index contributed by atoms with van der Waals surface area (Å²) in [6, 6.07) is 9.62. The predicted octanol–water partition coefficient (Wildman–Crippen LogP) is 2.96. The Kier molecular flexibility index (Phi) is 4.62. The fraction of sp³-hybridized carbons (Fsp3) is 0.278. The van der Waals surface area contributed by atoms with Gasteiger partial charge in [-0.25, -0.2) is 4.98 Å². The van der Waals surface area contributed by atoms with Gasteiger partial charge >= 0.3 is 0 Å². The van der Waals surface area contributed by atoms with Crippen molar-refractivity contribution in [1.29, 1.82) is 0 Å². The van der Waals surface area contributed by atoms with Crippen LogP contribution < -0.4 is 20.7 Å². The van der Waals surface area contributed by atoms with Crippen molar-refractivity contribution in [3.63, 3.8) is 0 Å². The molecule has 1 unspecified atom stereocenters. The standard InChI is InChI=1S/C18H19BrN4O3/c1-10(16(24)21-12-6-4-11(19)5-7-12)23-15-13(8-9-14(20)22-15)26-18(2,3)17(23)25/h4-10H,1-3H3,(H2,20,22)(H,21,24). The Morgan fingerprint density at radius 1 is 1.27 bits per heavy atom. The molecule has 0 aliphatic carbocycles. The summed E-state index contributed by atoms with van der Waals surface area (Å²) in [5.41, 5.74) is 5.28. The number of nitrogens with zero attached hydrogens (tertiary/aromatic N) is 2. The number of pyridine rings is 1. The summed E-state index contributed by atoms with van der Waals surface area (Å²) < 4.78 is 6.64. The van der Waals surface area contributed by atoms with E-state index in [1.54, 1.807) is 45.0 Å². The van der Waals surface area contributed by atoms with Crippen molar-refractivity contribution in [2.75, 3.05) is 16.0 Å². The topological polar surface area (TPSA) is 97.5 Å². The molecule has 1 aliphatic rings. The van der Waals surface area contributed by atoms with Crippen LogP contribution in [0.1, 0.15) is 20.8 Å². The highest BCUT2D eigenvalue weighted by Gasteiger charge is 2.45. The summed E-state index contributed by atoms with van der Waals surface area (Å²) in [5, 5.41) is 2.81. The van der Waals surface area contributed by atoms with E-state index < -0.39 is 11.6 Å². The number of amides is 2. The number of fused-ring (bicyclic) bond motifs is 1. The summed E-state index contributed by atoms with van der Waals surface area (Å²) in [6.07, 6.45) is 0. The molecule has 3 rings (SSSR count). The Balaban J connectivity index is 1.93. The Hall–Kier alpha value is -2.61. The molecule has 0 spiro atoms. The van der Waals surface area contributed by atoms with Crippen LogP contribution in [-0.4, -0.2) is 28.4 Å². The van der Waals surface area contributed by atoms with Gasteiger partial charge in [-0.3, -0.25) is 14.5 Å². The molecule has 26 heavy (non-hydrogen) atoms. The average molecular weight is 419 g/mol. The van der Waals surface area contributed by atoms with Gasteiger partial charge in [0.05, 0.1) is 0 Å². The fourth-order valence-electron chi connectivity index (χ4n) is 2.66. The van der Waals surface area contributed by atoms with E-state index in [1.807, 2.05) is 12.1 Å². The van der Waals surface area contributed by atoms with Crippen molar-refractivity contribution in [3.8, 4) is 5.75 Å². The Morgan fingerprint density at radius 2 is 1.92 bits per heavy atom. The molecule has 8 heteroatoms. The number of anilines is 3. The lowest BCUT2D eigenvalue weighted by Gasteiger charge is -2.40. The van der Waals surface area contributed by atoms with Crippen molar-refractivity contribution >= 4 is 45.1 Å². The van der Waals surface area contributed by atoms with Crippen LogP contribution in [0.15, 0.2) is 40.9 Å². The second-order valence-corrected chi connectivity index (χ2v) is 7.43. The van der Waals surface area contributed by atoms with Crippen LogP contribution in [0, 0.1) is 0 Å². The highest BCUT2D eigenvalue weighted by atomic mass is 79.9. The summed E-state index contributed by atoms with van der Waals surface area (Å²) in [4.78, 5) is 31.2. The zero-order chi connectivity index (χ0) is 19.1. The van der Waals surface area contributed by atoms with Gasteiger partial charge in [0.25, 0.3) is 5.91 Å². The minimum Gasteiger partial charge on any atom is -0.474 e. The Bertz CT molecular complexity index is 867. The minimum absolute atomic E-state index is 0.241. The molecule has 7 nitrogen and oxygen atoms in total. The lowest BCUT2D eigenvalue weighted by atomic mass is 10.0. The van der Waals surface area contributed by atoms with Crippen molar-refractivity contribution in [1.82, 2.24) is 4.98 Å². The van der Waals surface area contributed by atoms with Gasteiger partial charge in [-0.1, -0.05) is 15.9 Å². The number of hydrogen-bond acceptors (Lipinski definition) is 5. The number of benzene rings is 1. The van der Waals surface area contributed by atoms with Gasteiger partial charge in [-0.05, 0) is 57.2 Å². The monoisotopic (exact) mass is 418 g/mol. The molecular weight excluding hydrogens is 400 g/mol. The van der Waals surface area contributed by atoms with E-state index in [1.165, 1.54) is 4.90 Å². The first kappa shape index (κ1) is 18.2. The lowest BCUT2D eigenvalue weighted by molar-refractivity contribution is -0.134. The van der Waals surface area contributed by atoms with Crippen LogP contribution in [0.3, 0.4) is 0 Å². The third kappa shape index (κ3) is 3.37. The van der Waals surface area contributed by atoms with Gasteiger partial charge in [0.15, 0.2) is 17.2 Å². The quantitative estimate of drug-likeness (QED) is 0.798. The van der Waals surface area contributed by atoms with E-state index in [0.29, 0.717) is 11.4 Å². The summed E-state index contributed by atoms with van der Waals surface area (Å²) in [6.45, 7) is 4.95. The SMILES string of the molecule is CC(C(=O)Nc1ccc(Br)cc1)N1C(=O)C(C)(C)Oc2ccc(N)nc21. The smallest absolute Gasteiger partial charge is 0.272 e. The molecule has 2 aromatic rings. The maximum atomic E-state index is 12.9. The van der Waals surface area contributed by atoms with Crippen LogP contribution in [0.25, 0.3) is 0 Å². The maximum absolute atomic E-state index is 12.9. The Morgan fingerprint density at radius 3 is 2.58 bits per heavy atom. The van der Waals surface area contributed by atoms with Gasteiger partial charge < -0.3 is 15.8 Å². The number of ether oxygens (including phenoxy) is 1. The van der Waals surface area contributed by atoms with Crippen molar-refractivity contribution in [2.24, 2.45) is 0 Å². The number of nitrogen functional groups attached to an aromatic ring is 1. The second-order valence-electron chi connectivity index (χ2n) is 6.52. The average Bonchev–Trinajstić information content (AvgIpc) is 2.58. The van der Waals surface area contributed by atoms with Crippen LogP contribution in [-0.2, 0) is 9.59 Å². The van der Waals surface area contributed by atoms with E-state index in [-0.39, 0.29) is 23.5 Å². The molecule has 0 fully saturated rings. The highest BCUT2D eigenvalue weighted by Crippen LogP contribution is 2.38. The van der Waals surface area contributed by atoms with Crippen molar-refractivity contribution in [3.05, 3.63) is 40.9 Å². The third-order valence-electron chi connectivity index (χ3n) is 4.07. The number of aromatic nitrogens is 1. The minimum atomic E-state index is -1.11. The molecule has 0 saturated carbocycles. The number of nitrogens with one attached hydrogen (secondary N) is 1. The molecule has 2 heterocycles. The third-order valence-corrected chi connectivity index (χ3v) is 4.60. The lowest BCUT2D eigenvalue weighted by Crippen LogP contribution is -2.58. The molecule has 0 radical (unpaired) electrons. The molecule has 0 saturated heterocycles. The molecule has 1 aromatic heterocycles. The number of nitrogens with two attached hydrogens (primary N) is 1. The summed E-state index contributed by atoms with van der Waals surface area (Å²) in [5.74, 6) is 0.195. The summed E-state index contributed by atoms with van der Waals surface area (Å²) in [7, 11) is 0. The number of carbonyl (C=O) groups excluding carboxylic acids is 2. The second kappa shape index (κ2) is 6.60. The number of rotatable bonds is 3. The molecule has 2 amide bonds. The zero-order valence-electron chi connectivity index (χ0n) is 14.6. The van der Waals surface area contributed by atoms with Crippen LogP contribution in [0.2, 0.25) is 0 Å². The van der Waals surface area contributed by atoms with E-state index in [9.17, 15) is 9.59 Å². The van der Waals surface area contributed by atoms with Crippen LogP contribution in [0.5, 0.6) is 5.75 Å². The van der Waals surface area contributed by atoms with E-state index in [4.69, 9.17) is 10.5 Å². The molecule has 3 N–H and O–H groups in total. The van der Waals surface area contributed by atoms with Gasteiger partial charge in [0, 0.05) is 10.2 Å². The number of halogens is 1. The zero-order valence-corrected chi connectivity index (χ0v) is 16.2. The molecule has 1 aliphatic heterocycles. The number of carbonyl (C=O) groups is 2. The maximum Gasteiger partial charge on any atom is 0.272 e. The first-order valence-corrected chi connectivity index (χ1v) is 8.84. The predicted molar refractivity (Wildman–Crippen MR) is 103 cm³/mol. The fourth-order valence-corrected chi connectivity index (χ4v) is 2.93. The molecule has 136 valence electrons. The van der Waals surface area contributed by atoms with Crippen LogP contribution in [0.4, 0.5) is 17.3 Å². The van der Waals surface area contributed by atoms with Crippen LogP contribution >= 0.6 is 15.9 Å². The van der Waals surface area contributed by atoms with Gasteiger partial charge in [-0.15, -0.1) is 0 Å².